The van der Waals surface area contributed by atoms with Crippen molar-refractivity contribution in [2.45, 2.75) is 25.8 Å². The second-order valence-electron chi connectivity index (χ2n) is 3.41. The summed E-state index contributed by atoms with van der Waals surface area (Å²) in [4.78, 5) is 7.24. The van der Waals surface area contributed by atoms with Gasteiger partial charge in [-0.25, -0.2) is 4.98 Å². The van der Waals surface area contributed by atoms with Crippen molar-refractivity contribution in [3.8, 4) is 0 Å². The van der Waals surface area contributed by atoms with Gasteiger partial charge in [0.2, 0.25) is 0 Å². The molecule has 1 N–H and O–H groups in total. The largest absolute Gasteiger partial charge is 0.500 e. The first-order chi connectivity index (χ1) is 7.76. The molecule has 16 heavy (non-hydrogen) atoms. The van der Waals surface area contributed by atoms with Gasteiger partial charge in [0.25, 0.3) is 0 Å². The second-order valence-corrected chi connectivity index (χ2v) is 6.38. The van der Waals surface area contributed by atoms with Gasteiger partial charge in [-0.2, -0.15) is 0 Å². The molecule has 1 rings (SSSR count). The normalized spacial score (nSPS) is 11.9. The highest BCUT2D eigenvalue weighted by Gasteiger charge is 2.37. The van der Waals surface area contributed by atoms with Crippen LogP contribution in [-0.2, 0) is 19.7 Å². The molecule has 1 heterocycles. The van der Waals surface area contributed by atoms with E-state index in [0.717, 1.165) is 24.7 Å². The number of hydrogen-bond acceptors (Lipinski definition) is 4. The van der Waals surface area contributed by atoms with Crippen molar-refractivity contribution in [1.29, 1.82) is 0 Å². The number of hydrogen-bond donors (Lipinski definition) is 1. The number of nitrogens with zero attached hydrogens (tertiary/aromatic N) is 1. The van der Waals surface area contributed by atoms with Crippen molar-refractivity contribution in [2.24, 2.45) is 0 Å². The Kier molecular flexibility index (Phi) is 5.68. The maximum atomic E-state index is 5.61. The van der Waals surface area contributed by atoms with Crippen molar-refractivity contribution >= 4 is 8.80 Å². The minimum absolute atomic E-state index is 0.620. The molecular formula is C10H20N2O3Si. The number of H-pyrrole nitrogens is 1. The minimum Gasteiger partial charge on any atom is -0.377 e. The van der Waals surface area contributed by atoms with Gasteiger partial charge in [0.05, 0.1) is 0 Å². The van der Waals surface area contributed by atoms with E-state index in [4.69, 9.17) is 13.3 Å². The predicted octanol–water partition coefficient (Wildman–Crippen LogP) is 1.61. The summed E-state index contributed by atoms with van der Waals surface area (Å²) in [5.41, 5.74) is 0. The molecule has 0 aliphatic rings. The molecule has 1 aromatic rings. The quantitative estimate of drug-likeness (QED) is 0.706. The van der Waals surface area contributed by atoms with Crippen LogP contribution in [0.2, 0.25) is 6.04 Å². The Morgan fingerprint density at radius 1 is 1.38 bits per heavy atom. The lowest BCUT2D eigenvalue weighted by Gasteiger charge is -2.25. The number of aromatic nitrogens is 2. The molecule has 0 saturated heterocycles. The lowest BCUT2D eigenvalue weighted by Crippen LogP contribution is -2.43. The zero-order valence-electron chi connectivity index (χ0n) is 10.2. The molecule has 0 spiro atoms. The summed E-state index contributed by atoms with van der Waals surface area (Å²) in [6.45, 7) is 2.57. The third-order valence-electron chi connectivity index (χ3n) is 2.44. The molecule has 0 aliphatic heterocycles. The topological polar surface area (TPSA) is 56.4 Å². The van der Waals surface area contributed by atoms with E-state index >= 15 is 0 Å². The molecule has 0 unspecified atom stereocenters. The van der Waals surface area contributed by atoms with Crippen molar-refractivity contribution in [3.05, 3.63) is 18.2 Å². The third-order valence-corrected chi connectivity index (χ3v) is 5.38. The molecule has 0 aromatic carbocycles. The Morgan fingerprint density at radius 3 is 2.62 bits per heavy atom. The summed E-state index contributed by atoms with van der Waals surface area (Å²) in [7, 11) is 0.884. The van der Waals surface area contributed by atoms with Crippen LogP contribution in [0.25, 0.3) is 0 Å². The maximum Gasteiger partial charge on any atom is 0.500 e. The first kappa shape index (κ1) is 13.4. The first-order valence-corrected chi connectivity index (χ1v) is 7.42. The zero-order chi connectivity index (χ0) is 11.9. The lowest BCUT2D eigenvalue weighted by molar-refractivity contribution is 0.103. The summed E-state index contributed by atoms with van der Waals surface area (Å²) in [6.07, 6.45) is 5.42. The minimum atomic E-state index is -2.42. The highest BCUT2D eigenvalue weighted by molar-refractivity contribution is 6.60. The van der Waals surface area contributed by atoms with Gasteiger partial charge in [-0.1, -0.05) is 0 Å². The first-order valence-electron chi connectivity index (χ1n) is 5.49. The highest BCUT2D eigenvalue weighted by Crippen LogP contribution is 2.17. The summed E-state index contributed by atoms with van der Waals surface area (Å²) >= 11 is 0. The van der Waals surface area contributed by atoms with E-state index in [2.05, 4.69) is 9.97 Å². The summed E-state index contributed by atoms with van der Waals surface area (Å²) < 4.78 is 16.4. The SMILES string of the molecule is CCO[Si](CCCc1ncc[nH]1)(OC)OC. The molecule has 1 aromatic heterocycles. The molecule has 5 nitrogen and oxygen atoms in total. The van der Waals surface area contributed by atoms with E-state index < -0.39 is 8.80 Å². The molecule has 0 radical (unpaired) electrons. The smallest absolute Gasteiger partial charge is 0.377 e. The van der Waals surface area contributed by atoms with Gasteiger partial charge in [-0.3, -0.25) is 0 Å². The van der Waals surface area contributed by atoms with E-state index in [1.807, 2.05) is 13.1 Å². The van der Waals surface area contributed by atoms with Crippen molar-refractivity contribution in [3.63, 3.8) is 0 Å². The van der Waals surface area contributed by atoms with Crippen LogP contribution in [-0.4, -0.2) is 39.6 Å². The van der Waals surface area contributed by atoms with Gasteiger partial charge < -0.3 is 18.3 Å². The Balaban J connectivity index is 2.37. The monoisotopic (exact) mass is 244 g/mol. The Morgan fingerprint density at radius 2 is 2.12 bits per heavy atom. The molecule has 6 heteroatoms. The molecule has 0 bridgehead atoms. The highest BCUT2D eigenvalue weighted by atomic mass is 28.4. The van der Waals surface area contributed by atoms with Gasteiger partial charge in [-0.05, 0) is 13.3 Å². The van der Waals surface area contributed by atoms with Gasteiger partial charge in [0.1, 0.15) is 5.82 Å². The van der Waals surface area contributed by atoms with Crippen LogP contribution >= 0.6 is 0 Å². The van der Waals surface area contributed by atoms with Crippen molar-refractivity contribution in [1.82, 2.24) is 9.97 Å². The fourth-order valence-electron chi connectivity index (χ4n) is 1.60. The van der Waals surface area contributed by atoms with E-state index in [1.165, 1.54) is 0 Å². The van der Waals surface area contributed by atoms with Crippen LogP contribution in [0.4, 0.5) is 0 Å². The van der Waals surface area contributed by atoms with Crippen molar-refractivity contribution in [2.75, 3.05) is 20.8 Å². The van der Waals surface area contributed by atoms with Crippen LogP contribution in [0.3, 0.4) is 0 Å². The molecule has 0 aliphatic carbocycles. The van der Waals surface area contributed by atoms with Crippen molar-refractivity contribution < 1.29 is 13.3 Å². The van der Waals surface area contributed by atoms with Gasteiger partial charge in [0, 0.05) is 45.7 Å². The van der Waals surface area contributed by atoms with Crippen LogP contribution in [0.1, 0.15) is 19.2 Å². The summed E-state index contributed by atoms with van der Waals surface area (Å²) in [5, 5.41) is 0. The van der Waals surface area contributed by atoms with Gasteiger partial charge >= 0.3 is 8.80 Å². The predicted molar refractivity (Wildman–Crippen MR) is 63.1 cm³/mol. The second kappa shape index (κ2) is 6.80. The zero-order valence-corrected chi connectivity index (χ0v) is 11.2. The van der Waals surface area contributed by atoms with Gasteiger partial charge in [-0.15, -0.1) is 0 Å². The number of aromatic amines is 1. The Hall–Kier alpha value is -0.693. The molecule has 0 fully saturated rings. The number of rotatable bonds is 8. The molecule has 0 atom stereocenters. The summed E-state index contributed by atoms with van der Waals surface area (Å²) in [6, 6.07) is 0.814. The number of nitrogens with one attached hydrogen (secondary N) is 1. The molecule has 0 amide bonds. The summed E-state index contributed by atoms with van der Waals surface area (Å²) in [5.74, 6) is 0.992. The molecule has 0 saturated carbocycles. The Labute approximate surface area is 97.5 Å². The average Bonchev–Trinajstić information content (AvgIpc) is 2.81. The maximum absolute atomic E-state index is 5.61. The fraction of sp³-hybridized carbons (Fsp3) is 0.700. The van der Waals surface area contributed by atoms with Crippen LogP contribution in [0, 0.1) is 0 Å². The number of aryl methyl sites for hydroxylation is 1. The van der Waals surface area contributed by atoms with E-state index in [-0.39, 0.29) is 0 Å². The standard InChI is InChI=1S/C10H20N2O3Si/c1-4-15-16(13-2,14-3)9-5-6-10-11-7-8-12-10/h7-8H,4-6,9H2,1-3H3,(H,11,12). The van der Waals surface area contributed by atoms with E-state index in [1.54, 1.807) is 20.4 Å². The van der Waals surface area contributed by atoms with Gasteiger partial charge in [0.15, 0.2) is 0 Å². The third kappa shape index (κ3) is 3.71. The Bertz CT molecular complexity index is 276. The van der Waals surface area contributed by atoms with Crippen LogP contribution in [0.15, 0.2) is 12.4 Å². The van der Waals surface area contributed by atoms with Crippen LogP contribution in [0.5, 0.6) is 0 Å². The lowest BCUT2D eigenvalue weighted by atomic mass is 10.3. The molecular weight excluding hydrogens is 224 g/mol. The van der Waals surface area contributed by atoms with E-state index in [0.29, 0.717) is 6.61 Å². The molecule has 92 valence electrons. The van der Waals surface area contributed by atoms with Crippen LogP contribution < -0.4 is 0 Å². The fourth-order valence-corrected chi connectivity index (χ4v) is 3.61. The average molecular weight is 244 g/mol. The number of imidazole rings is 1. The van der Waals surface area contributed by atoms with E-state index in [9.17, 15) is 0 Å².